The molecule has 88 valence electrons. The minimum Gasteiger partial charge on any atom is -0.497 e. The minimum absolute atomic E-state index is 0.328. The third-order valence-corrected chi connectivity index (χ3v) is 3.67. The first-order chi connectivity index (χ1) is 7.67. The topological polar surface area (TPSA) is 46.5 Å². The van der Waals surface area contributed by atoms with E-state index in [2.05, 4.69) is 0 Å². The van der Waals surface area contributed by atoms with Gasteiger partial charge < -0.3 is 9.84 Å². The lowest BCUT2D eigenvalue weighted by Crippen LogP contribution is -2.15. The quantitative estimate of drug-likeness (QED) is 0.830. The summed E-state index contributed by atoms with van der Waals surface area (Å²) in [6.45, 7) is 1.89. The molecule has 0 amide bonds. The molecule has 0 spiro atoms. The van der Waals surface area contributed by atoms with Crippen molar-refractivity contribution < 1.29 is 14.6 Å². The van der Waals surface area contributed by atoms with Gasteiger partial charge in [-0.1, -0.05) is 19.1 Å². The van der Waals surface area contributed by atoms with Crippen molar-refractivity contribution in [3.05, 3.63) is 29.8 Å². The van der Waals surface area contributed by atoms with E-state index in [0.717, 1.165) is 11.3 Å². The summed E-state index contributed by atoms with van der Waals surface area (Å²) >= 11 is 1.45. The molecule has 0 saturated heterocycles. The van der Waals surface area contributed by atoms with E-state index in [0.29, 0.717) is 12.2 Å². The fourth-order valence-electron chi connectivity index (χ4n) is 1.32. The Balaban J connectivity index is 2.56. The number of thioether (sulfide) groups is 1. The molecule has 16 heavy (non-hydrogen) atoms. The Morgan fingerprint density at radius 1 is 1.56 bits per heavy atom. The van der Waals surface area contributed by atoms with Gasteiger partial charge in [-0.25, -0.2) is 0 Å². The van der Waals surface area contributed by atoms with Crippen LogP contribution in [0.3, 0.4) is 0 Å². The largest absolute Gasteiger partial charge is 0.497 e. The maximum atomic E-state index is 10.8. The minimum atomic E-state index is -0.740. The third-order valence-electron chi connectivity index (χ3n) is 2.23. The molecule has 0 heterocycles. The molecule has 0 fully saturated rings. The van der Waals surface area contributed by atoms with Crippen molar-refractivity contribution in [2.24, 2.45) is 0 Å². The van der Waals surface area contributed by atoms with Gasteiger partial charge in [0.25, 0.3) is 0 Å². The van der Waals surface area contributed by atoms with Gasteiger partial charge in [-0.2, -0.15) is 0 Å². The van der Waals surface area contributed by atoms with Crippen molar-refractivity contribution in [1.29, 1.82) is 0 Å². The average Bonchev–Trinajstić information content (AvgIpc) is 2.29. The van der Waals surface area contributed by atoms with E-state index < -0.39 is 5.97 Å². The highest BCUT2D eigenvalue weighted by Crippen LogP contribution is 2.22. The summed E-state index contributed by atoms with van der Waals surface area (Å²) in [4.78, 5) is 10.8. The van der Waals surface area contributed by atoms with E-state index in [-0.39, 0.29) is 5.25 Å². The summed E-state index contributed by atoms with van der Waals surface area (Å²) in [5.74, 6) is 0.763. The van der Waals surface area contributed by atoms with E-state index in [4.69, 9.17) is 9.84 Å². The average molecular weight is 240 g/mol. The van der Waals surface area contributed by atoms with Gasteiger partial charge in [0.1, 0.15) is 11.0 Å². The molecule has 1 aromatic carbocycles. The van der Waals surface area contributed by atoms with Gasteiger partial charge in [0.2, 0.25) is 0 Å². The van der Waals surface area contributed by atoms with Crippen LogP contribution in [0.1, 0.15) is 18.9 Å². The molecular formula is C12H16O3S. The fourth-order valence-corrected chi connectivity index (χ4v) is 2.27. The predicted molar refractivity (Wildman–Crippen MR) is 66.0 cm³/mol. The molecular weight excluding hydrogens is 224 g/mol. The number of carbonyl (C=O) groups is 1. The van der Waals surface area contributed by atoms with Crippen LogP contribution in [0.5, 0.6) is 5.75 Å². The number of aliphatic carboxylic acids is 1. The molecule has 0 radical (unpaired) electrons. The Kier molecular flexibility index (Phi) is 5.19. The molecule has 4 heteroatoms. The molecule has 0 saturated carbocycles. The van der Waals surface area contributed by atoms with Crippen LogP contribution in [0.4, 0.5) is 0 Å². The number of benzene rings is 1. The van der Waals surface area contributed by atoms with E-state index >= 15 is 0 Å². The van der Waals surface area contributed by atoms with E-state index in [1.54, 1.807) is 7.11 Å². The molecule has 0 aliphatic heterocycles. The molecule has 1 unspecified atom stereocenters. The highest BCUT2D eigenvalue weighted by atomic mass is 32.2. The fraction of sp³-hybridized carbons (Fsp3) is 0.417. The first-order valence-corrected chi connectivity index (χ1v) is 6.19. The smallest absolute Gasteiger partial charge is 0.316 e. The van der Waals surface area contributed by atoms with Crippen molar-refractivity contribution in [3.8, 4) is 5.75 Å². The predicted octanol–water partition coefficient (Wildman–Crippen LogP) is 2.79. The van der Waals surface area contributed by atoms with Gasteiger partial charge in [-0.15, -0.1) is 11.8 Å². The number of rotatable bonds is 6. The lowest BCUT2D eigenvalue weighted by atomic mass is 10.2. The molecule has 1 atom stereocenters. The number of hydrogen-bond donors (Lipinski definition) is 1. The standard InChI is InChI=1S/C12H16O3S/c1-3-11(12(13)14)16-8-9-5-4-6-10(7-9)15-2/h4-7,11H,3,8H2,1-2H3,(H,13,14). The highest BCUT2D eigenvalue weighted by Gasteiger charge is 2.15. The maximum Gasteiger partial charge on any atom is 0.316 e. The normalized spacial score (nSPS) is 12.1. The Bertz CT molecular complexity index is 352. The second-order valence-corrected chi connectivity index (χ2v) is 4.59. The molecule has 1 aromatic rings. The highest BCUT2D eigenvalue weighted by molar-refractivity contribution is 7.99. The van der Waals surface area contributed by atoms with Gasteiger partial charge in [0.15, 0.2) is 0 Å². The van der Waals surface area contributed by atoms with Crippen LogP contribution < -0.4 is 4.74 Å². The zero-order valence-corrected chi connectivity index (χ0v) is 10.3. The van der Waals surface area contributed by atoms with Crippen LogP contribution in [-0.4, -0.2) is 23.4 Å². The monoisotopic (exact) mass is 240 g/mol. The summed E-state index contributed by atoms with van der Waals surface area (Å²) in [6, 6.07) is 7.70. The summed E-state index contributed by atoms with van der Waals surface area (Å²) < 4.78 is 5.11. The number of hydrogen-bond acceptors (Lipinski definition) is 3. The number of carboxylic acids is 1. The molecule has 0 bridgehead atoms. The third kappa shape index (κ3) is 3.77. The first-order valence-electron chi connectivity index (χ1n) is 5.14. The van der Waals surface area contributed by atoms with Crippen LogP contribution in [0.2, 0.25) is 0 Å². The van der Waals surface area contributed by atoms with Crippen molar-refractivity contribution in [1.82, 2.24) is 0 Å². The summed E-state index contributed by atoms with van der Waals surface area (Å²) in [5, 5.41) is 8.58. The van der Waals surface area contributed by atoms with Gasteiger partial charge in [0.05, 0.1) is 7.11 Å². The number of ether oxygens (including phenoxy) is 1. The Morgan fingerprint density at radius 3 is 2.88 bits per heavy atom. The summed E-state index contributed by atoms with van der Waals surface area (Å²) in [5.41, 5.74) is 1.09. The molecule has 1 rings (SSSR count). The SMILES string of the molecule is CCC(SCc1cccc(OC)c1)C(=O)O. The van der Waals surface area contributed by atoms with Crippen LogP contribution >= 0.6 is 11.8 Å². The van der Waals surface area contributed by atoms with Crippen molar-refractivity contribution in [2.75, 3.05) is 7.11 Å². The lowest BCUT2D eigenvalue weighted by molar-refractivity contribution is -0.136. The van der Waals surface area contributed by atoms with Crippen molar-refractivity contribution >= 4 is 17.7 Å². The van der Waals surface area contributed by atoms with Crippen LogP contribution in [0, 0.1) is 0 Å². The van der Waals surface area contributed by atoms with Gasteiger partial charge in [-0.3, -0.25) is 4.79 Å². The van der Waals surface area contributed by atoms with E-state index in [1.807, 2.05) is 31.2 Å². The van der Waals surface area contributed by atoms with Gasteiger partial charge in [0, 0.05) is 5.75 Å². The number of carboxylic acid groups (broad SMARTS) is 1. The van der Waals surface area contributed by atoms with Crippen LogP contribution in [0.15, 0.2) is 24.3 Å². The molecule has 1 N–H and O–H groups in total. The zero-order chi connectivity index (χ0) is 12.0. The molecule has 3 nitrogen and oxygen atoms in total. The van der Waals surface area contributed by atoms with Gasteiger partial charge in [-0.05, 0) is 24.1 Å². The molecule has 0 aromatic heterocycles. The zero-order valence-electron chi connectivity index (χ0n) is 9.47. The Labute approximate surface area is 99.8 Å². The maximum absolute atomic E-state index is 10.8. The van der Waals surface area contributed by atoms with E-state index in [9.17, 15) is 4.79 Å². The summed E-state index contributed by atoms with van der Waals surface area (Å²) in [6.07, 6.45) is 0.643. The van der Waals surface area contributed by atoms with Crippen molar-refractivity contribution in [2.45, 2.75) is 24.3 Å². The van der Waals surface area contributed by atoms with Gasteiger partial charge >= 0.3 is 5.97 Å². The van der Waals surface area contributed by atoms with E-state index in [1.165, 1.54) is 11.8 Å². The lowest BCUT2D eigenvalue weighted by Gasteiger charge is -2.09. The Hall–Kier alpha value is -1.16. The molecule has 0 aliphatic carbocycles. The molecule has 0 aliphatic rings. The summed E-state index contributed by atoms with van der Waals surface area (Å²) in [7, 11) is 1.62. The van der Waals surface area contributed by atoms with Crippen LogP contribution in [-0.2, 0) is 10.5 Å². The second kappa shape index (κ2) is 6.43. The first kappa shape index (κ1) is 12.9. The number of methoxy groups -OCH3 is 1. The Morgan fingerprint density at radius 2 is 2.31 bits per heavy atom. The van der Waals surface area contributed by atoms with Crippen LogP contribution in [0.25, 0.3) is 0 Å². The van der Waals surface area contributed by atoms with Crippen molar-refractivity contribution in [3.63, 3.8) is 0 Å². The second-order valence-electron chi connectivity index (χ2n) is 3.40.